The number of rotatable bonds is 8. The number of hydrogen-bond donors (Lipinski definition) is 1. The van der Waals surface area contributed by atoms with Crippen LogP contribution in [0.5, 0.6) is 0 Å². The van der Waals surface area contributed by atoms with Crippen LogP contribution < -0.4 is 10.2 Å². The smallest absolute Gasteiger partial charge is 0.380 e. The van der Waals surface area contributed by atoms with Crippen LogP contribution in [0, 0.1) is 5.92 Å². The third kappa shape index (κ3) is 6.21. The van der Waals surface area contributed by atoms with Gasteiger partial charge in [-0.25, -0.2) is 15.0 Å². The lowest BCUT2D eigenvalue weighted by molar-refractivity contribution is -0.156. The Morgan fingerprint density at radius 2 is 2.05 bits per heavy atom. The van der Waals surface area contributed by atoms with Crippen molar-refractivity contribution in [3.63, 3.8) is 0 Å². The molecule has 4 aromatic rings. The zero-order chi connectivity index (χ0) is 29.3. The molecule has 1 N–H and O–H groups in total. The summed E-state index contributed by atoms with van der Waals surface area (Å²) in [4.78, 5) is 29.0. The Morgan fingerprint density at radius 1 is 1.19 bits per heavy atom. The zero-order valence-electron chi connectivity index (χ0n) is 22.7. The van der Waals surface area contributed by atoms with Crippen molar-refractivity contribution >= 4 is 34.9 Å². The lowest BCUT2D eigenvalue weighted by Crippen LogP contribution is -2.27. The molecule has 0 spiro atoms. The Morgan fingerprint density at radius 3 is 2.86 bits per heavy atom. The van der Waals surface area contributed by atoms with Gasteiger partial charge in [-0.2, -0.15) is 13.2 Å². The fourth-order valence-corrected chi connectivity index (χ4v) is 5.25. The largest absolute Gasteiger partial charge is 0.394 e. The highest BCUT2D eigenvalue weighted by Gasteiger charge is 2.34. The van der Waals surface area contributed by atoms with Gasteiger partial charge in [0.05, 0.1) is 42.1 Å². The van der Waals surface area contributed by atoms with Gasteiger partial charge in [0.25, 0.3) is 5.91 Å². The molecule has 15 heteroatoms. The first kappa shape index (κ1) is 28.0. The third-order valence-electron chi connectivity index (χ3n) is 7.10. The lowest BCUT2D eigenvalue weighted by Gasteiger charge is -2.25. The van der Waals surface area contributed by atoms with Gasteiger partial charge in [-0.1, -0.05) is 13.0 Å². The normalized spacial score (nSPS) is 17.0. The van der Waals surface area contributed by atoms with Crippen LogP contribution in [0.1, 0.15) is 48.3 Å². The monoisotopic (exact) mass is 599 g/mol. The first-order chi connectivity index (χ1) is 20.3. The summed E-state index contributed by atoms with van der Waals surface area (Å²) in [6.07, 6.45) is 7.85. The van der Waals surface area contributed by atoms with Crippen molar-refractivity contribution in [1.82, 2.24) is 34.3 Å². The molecule has 2 fully saturated rings. The molecule has 1 atom stereocenters. The van der Waals surface area contributed by atoms with E-state index in [4.69, 9.17) is 4.74 Å². The van der Waals surface area contributed by atoms with Crippen LogP contribution in [-0.4, -0.2) is 72.7 Å². The van der Waals surface area contributed by atoms with Crippen molar-refractivity contribution in [2.45, 2.75) is 38.3 Å². The second-order valence-corrected chi connectivity index (χ2v) is 11.1. The van der Waals surface area contributed by atoms with Gasteiger partial charge in [0, 0.05) is 43.4 Å². The van der Waals surface area contributed by atoms with Gasteiger partial charge in [0.1, 0.15) is 17.8 Å². The molecule has 0 bridgehead atoms. The Balaban J connectivity index is 1.22. The SMILES string of the molecule is C[C@H](/C=C/n1cnnc1-c1nc(NC(=O)c2cc(-n3cnc(C4CC4)c3)c(N3CCCOCC3)cn2)cs1)C(F)(F)F. The van der Waals surface area contributed by atoms with Crippen molar-refractivity contribution in [3.8, 4) is 16.5 Å². The highest BCUT2D eigenvalue weighted by molar-refractivity contribution is 7.13. The van der Waals surface area contributed by atoms with Gasteiger partial charge in [-0.3, -0.25) is 9.36 Å². The molecule has 1 saturated heterocycles. The highest BCUT2D eigenvalue weighted by Crippen LogP contribution is 2.39. The minimum atomic E-state index is -4.35. The van der Waals surface area contributed by atoms with Crippen molar-refractivity contribution in [2.24, 2.45) is 5.92 Å². The molecule has 5 heterocycles. The molecule has 2 aliphatic rings. The number of pyridine rings is 1. The summed E-state index contributed by atoms with van der Waals surface area (Å²) < 4.78 is 47.6. The summed E-state index contributed by atoms with van der Waals surface area (Å²) in [6.45, 7) is 3.88. The van der Waals surface area contributed by atoms with Crippen LogP contribution in [0.3, 0.4) is 0 Å². The fourth-order valence-electron chi connectivity index (χ4n) is 4.51. The average molecular weight is 600 g/mol. The summed E-state index contributed by atoms with van der Waals surface area (Å²) in [6, 6.07) is 1.74. The quantitative estimate of drug-likeness (QED) is 0.301. The van der Waals surface area contributed by atoms with E-state index < -0.39 is 18.0 Å². The van der Waals surface area contributed by atoms with E-state index in [-0.39, 0.29) is 17.3 Å². The number of alkyl halides is 3. The summed E-state index contributed by atoms with van der Waals surface area (Å²) in [5.41, 5.74) is 2.92. The second-order valence-electron chi connectivity index (χ2n) is 10.2. The number of allylic oxidation sites excluding steroid dienone is 1. The maximum absolute atomic E-state index is 13.3. The summed E-state index contributed by atoms with van der Waals surface area (Å²) >= 11 is 1.18. The highest BCUT2D eigenvalue weighted by atomic mass is 32.1. The molecule has 1 amide bonds. The van der Waals surface area contributed by atoms with Gasteiger partial charge in [0.2, 0.25) is 0 Å². The molecule has 1 aliphatic heterocycles. The number of amides is 1. The fraction of sp³-hybridized carbons (Fsp3) is 0.407. The van der Waals surface area contributed by atoms with Crippen LogP contribution in [0.15, 0.2) is 42.6 Å². The maximum atomic E-state index is 13.3. The number of imidazole rings is 1. The molecule has 4 aromatic heterocycles. The van der Waals surface area contributed by atoms with Gasteiger partial charge < -0.3 is 19.5 Å². The molecule has 42 heavy (non-hydrogen) atoms. The Hall–Kier alpha value is -4.11. The first-order valence-corrected chi connectivity index (χ1v) is 14.4. The van der Waals surface area contributed by atoms with E-state index in [1.807, 2.05) is 10.8 Å². The molecule has 1 aliphatic carbocycles. The number of carbonyl (C=O) groups excluding carboxylic acids is 1. The molecule has 220 valence electrons. The van der Waals surface area contributed by atoms with Crippen LogP contribution in [-0.2, 0) is 4.74 Å². The van der Waals surface area contributed by atoms with E-state index >= 15 is 0 Å². The number of thiazole rings is 1. The number of nitrogens with one attached hydrogen (secondary N) is 1. The molecular weight excluding hydrogens is 571 g/mol. The third-order valence-corrected chi connectivity index (χ3v) is 7.93. The maximum Gasteiger partial charge on any atom is 0.394 e. The lowest BCUT2D eigenvalue weighted by atomic mass is 10.2. The van der Waals surface area contributed by atoms with Crippen LogP contribution in [0.25, 0.3) is 22.7 Å². The van der Waals surface area contributed by atoms with E-state index in [1.165, 1.54) is 28.4 Å². The average Bonchev–Trinajstić information content (AvgIpc) is 3.36. The van der Waals surface area contributed by atoms with E-state index in [0.29, 0.717) is 30.7 Å². The Kier molecular flexibility index (Phi) is 7.77. The van der Waals surface area contributed by atoms with E-state index in [1.54, 1.807) is 24.0 Å². The van der Waals surface area contributed by atoms with Gasteiger partial charge in [-0.05, 0) is 25.3 Å². The van der Waals surface area contributed by atoms with E-state index in [9.17, 15) is 18.0 Å². The zero-order valence-corrected chi connectivity index (χ0v) is 23.5. The Bertz CT molecular complexity index is 1580. The van der Waals surface area contributed by atoms with Crippen molar-refractivity contribution < 1.29 is 22.7 Å². The van der Waals surface area contributed by atoms with E-state index in [0.717, 1.165) is 55.9 Å². The van der Waals surface area contributed by atoms with Crippen molar-refractivity contribution in [1.29, 1.82) is 0 Å². The van der Waals surface area contributed by atoms with Gasteiger partial charge >= 0.3 is 6.18 Å². The van der Waals surface area contributed by atoms with Crippen LogP contribution in [0.2, 0.25) is 0 Å². The minimum absolute atomic E-state index is 0.197. The number of halogens is 3. The molecule has 0 aromatic carbocycles. The summed E-state index contributed by atoms with van der Waals surface area (Å²) in [5, 5.41) is 12.5. The predicted octanol–water partition coefficient (Wildman–Crippen LogP) is 5.01. The van der Waals surface area contributed by atoms with Gasteiger partial charge in [-0.15, -0.1) is 21.5 Å². The minimum Gasteiger partial charge on any atom is -0.380 e. The Labute approximate surface area is 243 Å². The number of nitrogens with zero attached hydrogens (tertiary/aromatic N) is 8. The van der Waals surface area contributed by atoms with Crippen LogP contribution >= 0.6 is 11.3 Å². The topological polar surface area (TPSA) is 116 Å². The van der Waals surface area contributed by atoms with Gasteiger partial charge in [0.15, 0.2) is 10.8 Å². The summed E-state index contributed by atoms with van der Waals surface area (Å²) in [7, 11) is 0. The van der Waals surface area contributed by atoms with Crippen LogP contribution in [0.4, 0.5) is 24.7 Å². The molecule has 1 saturated carbocycles. The molecular formula is C27H28F3N9O2S. The summed E-state index contributed by atoms with van der Waals surface area (Å²) in [5.74, 6) is -1.10. The number of anilines is 2. The number of carbonyl (C=O) groups is 1. The second kappa shape index (κ2) is 11.6. The van der Waals surface area contributed by atoms with Crippen molar-refractivity contribution in [3.05, 3.63) is 54.0 Å². The standard InChI is InChI=1S/C27H28F3N9O2S/c1-17(27(28,29)30)5-7-38-16-33-36-24(38)26-35-23(14-42-26)34-25(40)19-11-21(39-13-20(32-15-39)18-3-4-18)22(12-31-19)37-6-2-9-41-10-8-37/h5,7,11-18H,2-4,6,8-10H2,1H3,(H,34,40)/b7-5+/t17-/m1/s1. The van der Waals surface area contributed by atoms with E-state index in [2.05, 4.69) is 35.4 Å². The number of hydrogen-bond acceptors (Lipinski definition) is 9. The molecule has 6 rings (SSSR count). The molecule has 0 radical (unpaired) electrons. The first-order valence-electron chi connectivity index (χ1n) is 13.5. The number of ether oxygens (including phenoxy) is 1. The molecule has 0 unspecified atom stereocenters. The number of aromatic nitrogens is 7. The van der Waals surface area contributed by atoms with Crippen molar-refractivity contribution in [2.75, 3.05) is 36.5 Å². The molecule has 11 nitrogen and oxygen atoms in total. The predicted molar refractivity (Wildman–Crippen MR) is 151 cm³/mol.